The van der Waals surface area contributed by atoms with Gasteiger partial charge in [-0.25, -0.2) is 4.79 Å². The number of ether oxygens (including phenoxy) is 3. The molecule has 1 fully saturated rings. The Labute approximate surface area is 184 Å². The molecule has 156 valence electrons. The highest BCUT2D eigenvalue weighted by molar-refractivity contribution is 9.10. The monoisotopic (exact) mass is 470 g/mol. The Balaban J connectivity index is 1.27. The number of hydrogen-bond donors (Lipinski definition) is 0. The summed E-state index contributed by atoms with van der Waals surface area (Å²) in [5, 5.41) is 0. The number of carbonyl (C=O) groups is 2. The van der Waals surface area contributed by atoms with Gasteiger partial charge in [-0.05, 0) is 36.1 Å². The molecule has 3 unspecified atom stereocenters. The fraction of sp³-hybridized carbons (Fsp3) is 0.333. The summed E-state index contributed by atoms with van der Waals surface area (Å²) in [6.45, 7) is 0.141. The molecule has 1 aliphatic carbocycles. The van der Waals surface area contributed by atoms with E-state index in [1.807, 2.05) is 54.6 Å². The number of Topliss-reactive ketones (excluding diaryl/α,β-unsaturated/α-hetero) is 1. The first-order chi connectivity index (χ1) is 14.6. The molecule has 0 bridgehead atoms. The van der Waals surface area contributed by atoms with Gasteiger partial charge in [0.25, 0.3) is 0 Å². The number of halogens is 1. The summed E-state index contributed by atoms with van der Waals surface area (Å²) >= 11 is 3.41. The van der Waals surface area contributed by atoms with Crippen molar-refractivity contribution in [1.29, 1.82) is 0 Å². The van der Waals surface area contributed by atoms with Gasteiger partial charge in [0.1, 0.15) is 19.3 Å². The first kappa shape index (κ1) is 20.8. The maximum Gasteiger partial charge on any atom is 0.332 e. The molecular formula is C24H23BrO5. The molecular weight excluding hydrogens is 448 g/mol. The van der Waals surface area contributed by atoms with Gasteiger partial charge in [-0.1, -0.05) is 58.4 Å². The second kappa shape index (κ2) is 9.58. The highest BCUT2D eigenvalue weighted by Gasteiger charge is 2.40. The number of esters is 1. The Morgan fingerprint density at radius 2 is 1.83 bits per heavy atom. The van der Waals surface area contributed by atoms with Crippen molar-refractivity contribution < 1.29 is 23.8 Å². The molecule has 1 saturated carbocycles. The summed E-state index contributed by atoms with van der Waals surface area (Å²) in [6, 6.07) is 17.2. The molecule has 2 aliphatic rings. The fourth-order valence-corrected chi connectivity index (χ4v) is 4.18. The van der Waals surface area contributed by atoms with E-state index in [0.29, 0.717) is 18.4 Å². The van der Waals surface area contributed by atoms with Crippen molar-refractivity contribution in [2.45, 2.75) is 38.1 Å². The maximum absolute atomic E-state index is 13.0. The van der Waals surface area contributed by atoms with Gasteiger partial charge >= 0.3 is 5.97 Å². The summed E-state index contributed by atoms with van der Waals surface area (Å²) in [6.07, 6.45) is 3.23. The highest BCUT2D eigenvalue weighted by atomic mass is 79.9. The van der Waals surface area contributed by atoms with Crippen LogP contribution in [0.4, 0.5) is 0 Å². The number of ketones is 1. The summed E-state index contributed by atoms with van der Waals surface area (Å²) < 4.78 is 17.9. The molecule has 0 N–H and O–H groups in total. The quantitative estimate of drug-likeness (QED) is 0.573. The molecule has 1 heterocycles. The zero-order valence-electron chi connectivity index (χ0n) is 16.5. The van der Waals surface area contributed by atoms with Crippen molar-refractivity contribution in [2.24, 2.45) is 5.92 Å². The van der Waals surface area contributed by atoms with E-state index in [0.717, 1.165) is 22.0 Å². The van der Waals surface area contributed by atoms with Crippen LogP contribution in [0.2, 0.25) is 0 Å². The van der Waals surface area contributed by atoms with E-state index < -0.39 is 0 Å². The molecule has 2 aromatic rings. The number of carbonyl (C=O) groups excluding carboxylic acids is 2. The second-order valence-corrected chi connectivity index (χ2v) is 8.49. The van der Waals surface area contributed by atoms with Crippen LogP contribution in [-0.4, -0.2) is 30.6 Å². The third-order valence-corrected chi connectivity index (χ3v) is 6.07. The zero-order valence-corrected chi connectivity index (χ0v) is 18.0. The fourth-order valence-electron chi connectivity index (χ4n) is 3.91. The molecule has 4 rings (SSSR count). The van der Waals surface area contributed by atoms with Gasteiger partial charge in [-0.2, -0.15) is 0 Å². The molecule has 2 aromatic carbocycles. The summed E-state index contributed by atoms with van der Waals surface area (Å²) in [5.74, 6) is -0.438. The minimum absolute atomic E-state index is 0.0944. The molecule has 0 radical (unpaired) electrons. The van der Waals surface area contributed by atoms with Gasteiger partial charge in [0.2, 0.25) is 0 Å². The normalized spacial score (nSPS) is 23.2. The van der Waals surface area contributed by atoms with E-state index in [9.17, 15) is 9.59 Å². The van der Waals surface area contributed by atoms with Crippen molar-refractivity contribution in [1.82, 2.24) is 0 Å². The summed E-state index contributed by atoms with van der Waals surface area (Å²) in [4.78, 5) is 24.9. The van der Waals surface area contributed by atoms with Crippen molar-refractivity contribution in [3.63, 3.8) is 0 Å². The molecule has 0 saturated heterocycles. The van der Waals surface area contributed by atoms with E-state index >= 15 is 0 Å². The smallest absolute Gasteiger partial charge is 0.332 e. The molecule has 0 amide bonds. The Morgan fingerprint density at radius 1 is 1.07 bits per heavy atom. The van der Waals surface area contributed by atoms with Gasteiger partial charge in [0.05, 0.1) is 23.9 Å². The lowest BCUT2D eigenvalue weighted by Gasteiger charge is -2.37. The third kappa shape index (κ3) is 4.99. The standard InChI is InChI=1S/C24H23BrO5/c25-18-8-6-17(7-9-18)21-14-29-22-12-19(10-11-20(22)24(21)27)28-15-23(26)30-13-16-4-2-1-3-5-16/h1-9,14,19-20,22H,10-13,15H2. The molecule has 3 atom stereocenters. The van der Waals surface area contributed by atoms with E-state index in [-0.39, 0.29) is 43.1 Å². The number of allylic oxidation sites excluding steroid dienone is 1. The van der Waals surface area contributed by atoms with Gasteiger partial charge in [-0.15, -0.1) is 0 Å². The molecule has 0 spiro atoms. The predicted octanol–water partition coefficient (Wildman–Crippen LogP) is 4.69. The second-order valence-electron chi connectivity index (χ2n) is 7.58. The van der Waals surface area contributed by atoms with Crippen LogP contribution in [0.1, 0.15) is 30.4 Å². The van der Waals surface area contributed by atoms with Crippen LogP contribution in [0.5, 0.6) is 0 Å². The topological polar surface area (TPSA) is 61.8 Å². The van der Waals surface area contributed by atoms with Crippen molar-refractivity contribution in [2.75, 3.05) is 6.61 Å². The molecule has 0 aromatic heterocycles. The first-order valence-electron chi connectivity index (χ1n) is 10.1. The molecule has 6 heteroatoms. The lowest BCUT2D eigenvalue weighted by atomic mass is 9.78. The number of fused-ring (bicyclic) bond motifs is 1. The lowest BCUT2D eigenvalue weighted by Crippen LogP contribution is -2.41. The van der Waals surface area contributed by atoms with Crippen LogP contribution in [0.25, 0.3) is 5.57 Å². The van der Waals surface area contributed by atoms with Crippen LogP contribution in [0, 0.1) is 5.92 Å². The van der Waals surface area contributed by atoms with Crippen LogP contribution < -0.4 is 0 Å². The van der Waals surface area contributed by atoms with Crippen LogP contribution in [-0.2, 0) is 30.4 Å². The summed E-state index contributed by atoms with van der Waals surface area (Å²) in [7, 11) is 0. The number of rotatable bonds is 6. The predicted molar refractivity (Wildman–Crippen MR) is 115 cm³/mol. The summed E-state index contributed by atoms with van der Waals surface area (Å²) in [5.41, 5.74) is 2.42. The number of benzene rings is 2. The van der Waals surface area contributed by atoms with E-state index in [1.54, 1.807) is 6.26 Å². The highest BCUT2D eigenvalue weighted by Crippen LogP contribution is 2.37. The Morgan fingerprint density at radius 3 is 2.60 bits per heavy atom. The Hall–Kier alpha value is -2.44. The van der Waals surface area contributed by atoms with Gasteiger partial charge < -0.3 is 14.2 Å². The van der Waals surface area contributed by atoms with Crippen molar-refractivity contribution in [3.05, 3.63) is 76.5 Å². The average Bonchev–Trinajstić information content (AvgIpc) is 2.78. The van der Waals surface area contributed by atoms with E-state index in [4.69, 9.17) is 14.2 Å². The molecule has 5 nitrogen and oxygen atoms in total. The minimum atomic E-state index is -0.390. The first-order valence-corrected chi connectivity index (χ1v) is 10.9. The SMILES string of the molecule is O=C(COC1CCC2C(=O)C(c3ccc(Br)cc3)=COC2C1)OCc1ccccc1. The van der Waals surface area contributed by atoms with Crippen LogP contribution in [0.3, 0.4) is 0 Å². The Kier molecular flexibility index (Phi) is 6.65. The minimum Gasteiger partial charge on any atom is -0.496 e. The van der Waals surface area contributed by atoms with Crippen LogP contribution >= 0.6 is 15.9 Å². The Bertz CT molecular complexity index is 922. The van der Waals surface area contributed by atoms with Gasteiger partial charge in [-0.3, -0.25) is 4.79 Å². The molecule has 30 heavy (non-hydrogen) atoms. The van der Waals surface area contributed by atoms with Crippen LogP contribution in [0.15, 0.2) is 65.3 Å². The maximum atomic E-state index is 13.0. The zero-order chi connectivity index (χ0) is 20.9. The van der Waals surface area contributed by atoms with Gasteiger partial charge in [0, 0.05) is 10.9 Å². The van der Waals surface area contributed by atoms with Crippen molar-refractivity contribution >= 4 is 33.3 Å². The lowest BCUT2D eigenvalue weighted by molar-refractivity contribution is -0.155. The van der Waals surface area contributed by atoms with Crippen molar-refractivity contribution in [3.8, 4) is 0 Å². The largest absolute Gasteiger partial charge is 0.496 e. The third-order valence-electron chi connectivity index (χ3n) is 5.54. The average molecular weight is 471 g/mol. The van der Waals surface area contributed by atoms with E-state index in [1.165, 1.54) is 0 Å². The van der Waals surface area contributed by atoms with Gasteiger partial charge in [0.15, 0.2) is 5.78 Å². The molecule has 1 aliphatic heterocycles. The number of hydrogen-bond acceptors (Lipinski definition) is 5. The van der Waals surface area contributed by atoms with E-state index in [2.05, 4.69) is 15.9 Å².